The normalized spacial score (nSPS) is 11.3. The molecule has 0 amide bonds. The third-order valence-electron chi connectivity index (χ3n) is 3.68. The van der Waals surface area contributed by atoms with Crippen LogP contribution in [0.4, 0.5) is 0 Å². The second kappa shape index (κ2) is 11.5. The van der Waals surface area contributed by atoms with Crippen molar-refractivity contribution < 1.29 is 14.3 Å². The predicted molar refractivity (Wildman–Crippen MR) is 115 cm³/mol. The summed E-state index contributed by atoms with van der Waals surface area (Å²) in [6, 6.07) is 6.00. The average molecular weight is 398 g/mol. The summed E-state index contributed by atoms with van der Waals surface area (Å²) >= 11 is 1.68. The number of thiophene rings is 1. The lowest BCUT2D eigenvalue weighted by atomic mass is 10.1. The Kier molecular flexibility index (Phi) is 9.07. The zero-order valence-corrected chi connectivity index (χ0v) is 17.5. The van der Waals surface area contributed by atoms with E-state index in [9.17, 15) is 5.11 Å². The number of aliphatic hydroxyl groups is 1. The summed E-state index contributed by atoms with van der Waals surface area (Å²) in [4.78, 5) is 2.16. The molecule has 0 spiro atoms. The van der Waals surface area contributed by atoms with E-state index in [2.05, 4.69) is 58.4 Å². The third-order valence-corrected chi connectivity index (χ3v) is 4.38. The van der Waals surface area contributed by atoms with Crippen LogP contribution in [-0.2, 0) is 17.9 Å². The van der Waals surface area contributed by atoms with Crippen molar-refractivity contribution in [3.8, 4) is 23.7 Å². The molecule has 2 rings (SSSR count). The van der Waals surface area contributed by atoms with Gasteiger partial charge >= 0.3 is 0 Å². The number of hydrogen-bond acceptors (Lipinski definition) is 5. The van der Waals surface area contributed by atoms with Crippen LogP contribution in [0.2, 0.25) is 0 Å². The minimum Gasteiger partial charge on any atom is -0.462 e. The molecule has 1 N–H and O–H groups in total. The van der Waals surface area contributed by atoms with Gasteiger partial charge in [-0.3, -0.25) is 4.90 Å². The van der Waals surface area contributed by atoms with Crippen LogP contribution in [0.15, 0.2) is 39.5 Å². The lowest BCUT2D eigenvalue weighted by molar-refractivity contribution is 0.129. The van der Waals surface area contributed by atoms with Gasteiger partial charge in [0.05, 0.1) is 19.7 Å². The zero-order valence-electron chi connectivity index (χ0n) is 16.7. The zero-order chi connectivity index (χ0) is 20.2. The fourth-order valence-corrected chi connectivity index (χ4v) is 2.87. The van der Waals surface area contributed by atoms with E-state index in [0.717, 1.165) is 18.1 Å². The first kappa shape index (κ1) is 22.0. The first-order valence-electron chi connectivity index (χ1n) is 9.25. The van der Waals surface area contributed by atoms with Gasteiger partial charge in [0.1, 0.15) is 23.7 Å². The van der Waals surface area contributed by atoms with Gasteiger partial charge < -0.3 is 14.3 Å². The van der Waals surface area contributed by atoms with E-state index < -0.39 is 5.60 Å². The third kappa shape index (κ3) is 9.08. The first-order chi connectivity index (χ1) is 13.5. The molecule has 2 heterocycles. The lowest BCUT2D eigenvalue weighted by Crippen LogP contribution is -2.22. The molecule has 0 aliphatic carbocycles. The number of hydrogen-bond donors (Lipinski definition) is 1. The number of nitrogens with zero attached hydrogens (tertiary/aromatic N) is 1. The van der Waals surface area contributed by atoms with Crippen LogP contribution in [0.1, 0.15) is 37.9 Å². The first-order valence-corrected chi connectivity index (χ1v) is 10.2. The van der Waals surface area contributed by atoms with Gasteiger partial charge in [-0.25, -0.2) is 0 Å². The Bertz CT molecular complexity index is 852. The number of rotatable bonds is 9. The molecule has 0 saturated heterocycles. The van der Waals surface area contributed by atoms with Gasteiger partial charge in [0.25, 0.3) is 0 Å². The summed E-state index contributed by atoms with van der Waals surface area (Å²) in [6.45, 7) is 8.49. The van der Waals surface area contributed by atoms with Crippen LogP contribution >= 0.6 is 11.3 Å². The maximum Gasteiger partial charge on any atom is 0.129 e. The minimum absolute atomic E-state index is 0.451. The Morgan fingerprint density at radius 2 is 2.07 bits per heavy atom. The fourth-order valence-electron chi connectivity index (χ4n) is 2.25. The standard InChI is InChI=1S/C23H27NO3S/c1-4-24(14-7-5-6-13-23(2,3)25)17-21-10-11-22(27-21)18-26-15-8-9-20-12-16-28-19-20/h8-12,16,19,25H,4,14-15,17-18H2,1-3H3/b9-8+. The van der Waals surface area contributed by atoms with Gasteiger partial charge in [-0.15, -0.1) is 0 Å². The second-order valence-corrected chi connectivity index (χ2v) is 7.54. The van der Waals surface area contributed by atoms with Crippen molar-refractivity contribution in [3.05, 3.63) is 52.1 Å². The number of furan rings is 1. The topological polar surface area (TPSA) is 45.8 Å². The van der Waals surface area contributed by atoms with Crippen molar-refractivity contribution in [1.82, 2.24) is 4.90 Å². The van der Waals surface area contributed by atoms with Crippen molar-refractivity contribution in [3.63, 3.8) is 0 Å². The quantitative estimate of drug-likeness (QED) is 0.510. The number of ether oxygens (including phenoxy) is 1. The Hall–Kier alpha value is -2.28. The average Bonchev–Trinajstić information content (AvgIpc) is 3.31. The molecular formula is C23H27NO3S. The smallest absolute Gasteiger partial charge is 0.129 e. The highest BCUT2D eigenvalue weighted by Gasteiger charge is 2.07. The molecule has 148 valence electrons. The van der Waals surface area contributed by atoms with E-state index in [4.69, 9.17) is 9.15 Å². The van der Waals surface area contributed by atoms with Gasteiger partial charge in [0.15, 0.2) is 0 Å². The Labute approximate surface area is 171 Å². The van der Waals surface area contributed by atoms with E-state index >= 15 is 0 Å². The Balaban J connectivity index is 1.74. The van der Waals surface area contributed by atoms with Crippen molar-refractivity contribution in [2.24, 2.45) is 0 Å². The molecule has 0 unspecified atom stereocenters. The molecule has 2 aromatic heterocycles. The Morgan fingerprint density at radius 3 is 2.79 bits per heavy atom. The highest BCUT2D eigenvalue weighted by atomic mass is 32.1. The molecule has 4 nitrogen and oxygen atoms in total. The summed E-state index contributed by atoms with van der Waals surface area (Å²) in [7, 11) is 0. The monoisotopic (exact) mass is 397 g/mol. The molecule has 0 fully saturated rings. The molecule has 5 heteroatoms. The molecule has 0 aromatic carbocycles. The molecule has 0 radical (unpaired) electrons. The molecule has 0 aliphatic heterocycles. The largest absolute Gasteiger partial charge is 0.462 e. The maximum atomic E-state index is 9.53. The maximum absolute atomic E-state index is 9.53. The van der Waals surface area contributed by atoms with E-state index in [0.29, 0.717) is 26.3 Å². The van der Waals surface area contributed by atoms with E-state index in [1.54, 1.807) is 25.2 Å². The van der Waals surface area contributed by atoms with Crippen molar-refractivity contribution in [2.75, 3.05) is 19.7 Å². The molecule has 0 aliphatic rings. The second-order valence-electron chi connectivity index (χ2n) is 6.76. The van der Waals surface area contributed by atoms with Gasteiger partial charge in [-0.2, -0.15) is 11.3 Å². The highest BCUT2D eigenvalue weighted by Crippen LogP contribution is 2.12. The molecule has 0 bridgehead atoms. The van der Waals surface area contributed by atoms with Crippen LogP contribution in [0.25, 0.3) is 6.08 Å². The van der Waals surface area contributed by atoms with Gasteiger partial charge in [0.2, 0.25) is 0 Å². The minimum atomic E-state index is -1.01. The van der Waals surface area contributed by atoms with Crippen molar-refractivity contribution in [1.29, 1.82) is 0 Å². The van der Waals surface area contributed by atoms with Gasteiger partial charge in [0, 0.05) is 0 Å². The summed E-state index contributed by atoms with van der Waals surface area (Å²) in [6.07, 6.45) is 4.06. The van der Waals surface area contributed by atoms with Crippen LogP contribution < -0.4 is 0 Å². The predicted octanol–water partition coefficient (Wildman–Crippen LogP) is 4.17. The van der Waals surface area contributed by atoms with Crippen LogP contribution in [0, 0.1) is 23.7 Å². The van der Waals surface area contributed by atoms with Crippen LogP contribution in [0.5, 0.6) is 0 Å². The summed E-state index contributed by atoms with van der Waals surface area (Å²) in [5.41, 5.74) is 0.188. The van der Waals surface area contributed by atoms with Gasteiger partial charge in [-0.1, -0.05) is 30.9 Å². The molecule has 0 atom stereocenters. The summed E-state index contributed by atoms with van der Waals surface area (Å²) < 4.78 is 11.5. The van der Waals surface area contributed by atoms with Crippen LogP contribution in [0.3, 0.4) is 0 Å². The molecule has 0 saturated carbocycles. The SMILES string of the molecule is CCN(CC#CC#CC(C)(C)O)Cc1ccc(COC/C=C/c2ccsc2)o1. The van der Waals surface area contributed by atoms with E-state index in [1.165, 1.54) is 5.56 Å². The van der Waals surface area contributed by atoms with E-state index in [-0.39, 0.29) is 0 Å². The fraction of sp³-hybridized carbons (Fsp3) is 0.391. The van der Waals surface area contributed by atoms with Crippen molar-refractivity contribution >= 4 is 17.4 Å². The molecule has 2 aromatic rings. The van der Waals surface area contributed by atoms with Crippen LogP contribution in [-0.4, -0.2) is 35.3 Å². The van der Waals surface area contributed by atoms with E-state index in [1.807, 2.05) is 18.2 Å². The highest BCUT2D eigenvalue weighted by molar-refractivity contribution is 7.08. The molecule has 28 heavy (non-hydrogen) atoms. The summed E-state index contributed by atoms with van der Waals surface area (Å²) in [5.74, 6) is 12.9. The summed E-state index contributed by atoms with van der Waals surface area (Å²) in [5, 5.41) is 13.7. The lowest BCUT2D eigenvalue weighted by Gasteiger charge is -2.15. The van der Waals surface area contributed by atoms with Crippen molar-refractivity contribution in [2.45, 2.75) is 39.5 Å². The van der Waals surface area contributed by atoms with Gasteiger partial charge in [-0.05, 0) is 66.8 Å². The molecular weight excluding hydrogens is 370 g/mol. The Morgan fingerprint density at radius 1 is 1.25 bits per heavy atom.